The van der Waals surface area contributed by atoms with Gasteiger partial charge in [-0.05, 0) is 48.7 Å². The van der Waals surface area contributed by atoms with E-state index >= 15 is 0 Å². The Bertz CT molecular complexity index is 1050. The van der Waals surface area contributed by atoms with Crippen molar-refractivity contribution < 1.29 is 9.53 Å². The van der Waals surface area contributed by atoms with Crippen LogP contribution < -0.4 is 4.74 Å². The summed E-state index contributed by atoms with van der Waals surface area (Å²) in [5.41, 5.74) is 5.22. The lowest BCUT2D eigenvalue weighted by Gasteiger charge is -2.34. The summed E-state index contributed by atoms with van der Waals surface area (Å²) in [5.74, 6) is 0.982. The molecule has 3 aromatic rings. The average molecular weight is 419 g/mol. The minimum atomic E-state index is 0.0922. The molecule has 0 spiro atoms. The van der Waals surface area contributed by atoms with Crippen LogP contribution in [0.3, 0.4) is 0 Å². The van der Waals surface area contributed by atoms with Crippen LogP contribution in [0.2, 0.25) is 0 Å². The standard InChI is InChI=1S/C25H30N4O2/c1-19-7-8-20(2)24(13-19)31-18-21-5-4-6-23(14-21)25(30)29-11-9-28(10-12-29)17-22-15-26-27(3)16-22/h4-8,13-16H,9-12,17-18H2,1-3H3. The number of aryl methyl sites for hydroxylation is 3. The molecule has 1 aliphatic heterocycles. The summed E-state index contributed by atoms with van der Waals surface area (Å²) in [6.07, 6.45) is 3.95. The van der Waals surface area contributed by atoms with Gasteiger partial charge in [-0.15, -0.1) is 0 Å². The van der Waals surface area contributed by atoms with Gasteiger partial charge in [-0.1, -0.05) is 24.3 Å². The molecule has 0 unspecified atom stereocenters. The summed E-state index contributed by atoms with van der Waals surface area (Å²) in [6, 6.07) is 14.0. The van der Waals surface area contributed by atoms with Crippen molar-refractivity contribution in [3.05, 3.63) is 82.7 Å². The van der Waals surface area contributed by atoms with Crippen LogP contribution in [0.5, 0.6) is 5.75 Å². The first kappa shape index (κ1) is 21.1. The Morgan fingerprint density at radius 2 is 1.84 bits per heavy atom. The molecule has 162 valence electrons. The summed E-state index contributed by atoms with van der Waals surface area (Å²) >= 11 is 0. The number of piperazine rings is 1. The van der Waals surface area contributed by atoms with Crippen molar-refractivity contribution in [1.82, 2.24) is 19.6 Å². The predicted octanol–water partition coefficient (Wildman–Crippen LogP) is 3.57. The van der Waals surface area contributed by atoms with E-state index in [1.165, 1.54) is 11.1 Å². The maximum absolute atomic E-state index is 13.0. The number of benzene rings is 2. The normalized spacial score (nSPS) is 14.6. The lowest BCUT2D eigenvalue weighted by atomic mass is 10.1. The maximum Gasteiger partial charge on any atom is 0.253 e. The van der Waals surface area contributed by atoms with Crippen LogP contribution in [0.1, 0.15) is 32.6 Å². The molecule has 4 rings (SSSR count). The molecule has 31 heavy (non-hydrogen) atoms. The van der Waals surface area contributed by atoms with Crippen LogP contribution in [-0.4, -0.2) is 51.7 Å². The fraction of sp³-hybridized carbons (Fsp3) is 0.360. The number of carbonyl (C=O) groups excluding carboxylic acids is 1. The monoisotopic (exact) mass is 418 g/mol. The molecule has 0 bridgehead atoms. The number of hydrogen-bond acceptors (Lipinski definition) is 4. The Morgan fingerprint density at radius 1 is 1.03 bits per heavy atom. The van der Waals surface area contributed by atoms with Crippen LogP contribution in [0.25, 0.3) is 0 Å². The summed E-state index contributed by atoms with van der Waals surface area (Å²) in [7, 11) is 1.93. The SMILES string of the molecule is Cc1ccc(C)c(OCc2cccc(C(=O)N3CCN(Cc4cnn(C)c4)CC3)c2)c1. The zero-order valence-corrected chi connectivity index (χ0v) is 18.5. The van der Waals surface area contributed by atoms with Crippen molar-refractivity contribution in [2.75, 3.05) is 26.2 Å². The van der Waals surface area contributed by atoms with E-state index in [1.54, 1.807) is 0 Å². The van der Waals surface area contributed by atoms with Gasteiger partial charge in [0.05, 0.1) is 6.20 Å². The molecule has 6 heteroatoms. The quantitative estimate of drug-likeness (QED) is 0.614. The lowest BCUT2D eigenvalue weighted by molar-refractivity contribution is 0.0628. The highest BCUT2D eigenvalue weighted by Gasteiger charge is 2.22. The summed E-state index contributed by atoms with van der Waals surface area (Å²) in [5, 5.41) is 4.23. The smallest absolute Gasteiger partial charge is 0.253 e. The molecule has 1 saturated heterocycles. The van der Waals surface area contributed by atoms with Crippen LogP contribution in [-0.2, 0) is 20.2 Å². The second-order valence-electron chi connectivity index (χ2n) is 8.35. The van der Waals surface area contributed by atoms with Crippen molar-refractivity contribution in [2.45, 2.75) is 27.0 Å². The second kappa shape index (κ2) is 9.35. The molecule has 6 nitrogen and oxygen atoms in total. The average Bonchev–Trinajstić information content (AvgIpc) is 3.19. The van der Waals surface area contributed by atoms with Crippen molar-refractivity contribution in [3.8, 4) is 5.75 Å². The van der Waals surface area contributed by atoms with E-state index in [1.807, 2.05) is 60.2 Å². The maximum atomic E-state index is 13.0. The first-order valence-corrected chi connectivity index (χ1v) is 10.8. The van der Waals surface area contributed by atoms with E-state index in [0.29, 0.717) is 6.61 Å². The fourth-order valence-electron chi connectivity index (χ4n) is 3.92. The van der Waals surface area contributed by atoms with E-state index in [0.717, 1.165) is 55.2 Å². The Morgan fingerprint density at radius 3 is 2.58 bits per heavy atom. The van der Waals surface area contributed by atoms with Gasteiger partial charge in [0.15, 0.2) is 0 Å². The molecule has 0 aliphatic carbocycles. The first-order valence-electron chi connectivity index (χ1n) is 10.8. The van der Waals surface area contributed by atoms with Crippen LogP contribution in [0.15, 0.2) is 54.9 Å². The van der Waals surface area contributed by atoms with Crippen molar-refractivity contribution in [2.24, 2.45) is 7.05 Å². The summed E-state index contributed by atoms with van der Waals surface area (Å²) < 4.78 is 7.84. The van der Waals surface area contributed by atoms with E-state index in [9.17, 15) is 4.79 Å². The minimum Gasteiger partial charge on any atom is -0.489 e. The Kier molecular flexibility index (Phi) is 6.37. The highest BCUT2D eigenvalue weighted by Crippen LogP contribution is 2.21. The Hall–Kier alpha value is -3.12. The van der Waals surface area contributed by atoms with Crippen molar-refractivity contribution >= 4 is 5.91 Å². The van der Waals surface area contributed by atoms with Gasteiger partial charge in [0.1, 0.15) is 12.4 Å². The predicted molar refractivity (Wildman–Crippen MR) is 121 cm³/mol. The molecule has 1 aliphatic rings. The zero-order chi connectivity index (χ0) is 21.8. The van der Waals surface area contributed by atoms with Gasteiger partial charge in [0.2, 0.25) is 0 Å². The van der Waals surface area contributed by atoms with E-state index in [2.05, 4.69) is 35.1 Å². The molecule has 1 aromatic heterocycles. The van der Waals surface area contributed by atoms with Gasteiger partial charge in [0.25, 0.3) is 5.91 Å². The van der Waals surface area contributed by atoms with Gasteiger partial charge < -0.3 is 9.64 Å². The number of hydrogen-bond donors (Lipinski definition) is 0. The molecule has 1 amide bonds. The molecule has 2 heterocycles. The van der Waals surface area contributed by atoms with E-state index < -0.39 is 0 Å². The van der Waals surface area contributed by atoms with Gasteiger partial charge in [-0.3, -0.25) is 14.4 Å². The van der Waals surface area contributed by atoms with Crippen molar-refractivity contribution in [1.29, 1.82) is 0 Å². The number of aromatic nitrogens is 2. The molecule has 0 saturated carbocycles. The third-order valence-electron chi connectivity index (χ3n) is 5.74. The zero-order valence-electron chi connectivity index (χ0n) is 18.5. The third-order valence-corrected chi connectivity index (χ3v) is 5.74. The number of rotatable bonds is 6. The number of carbonyl (C=O) groups is 1. The highest BCUT2D eigenvalue weighted by atomic mass is 16.5. The summed E-state index contributed by atoms with van der Waals surface area (Å²) in [4.78, 5) is 17.4. The van der Waals surface area contributed by atoms with Crippen LogP contribution >= 0.6 is 0 Å². The molecular weight excluding hydrogens is 388 g/mol. The molecule has 0 N–H and O–H groups in total. The molecule has 2 aromatic carbocycles. The molecule has 0 atom stereocenters. The van der Waals surface area contributed by atoms with Crippen LogP contribution in [0, 0.1) is 13.8 Å². The molecular formula is C25H30N4O2. The topological polar surface area (TPSA) is 50.6 Å². The van der Waals surface area contributed by atoms with Gasteiger partial charge >= 0.3 is 0 Å². The Labute approximate surface area is 184 Å². The third kappa shape index (κ3) is 5.33. The molecule has 1 fully saturated rings. The fourth-order valence-corrected chi connectivity index (χ4v) is 3.92. The number of nitrogens with zero attached hydrogens (tertiary/aromatic N) is 4. The first-order chi connectivity index (χ1) is 15.0. The number of ether oxygens (including phenoxy) is 1. The van der Waals surface area contributed by atoms with Gasteiger partial charge in [-0.2, -0.15) is 5.10 Å². The second-order valence-corrected chi connectivity index (χ2v) is 8.35. The van der Waals surface area contributed by atoms with Gasteiger partial charge in [-0.25, -0.2) is 0 Å². The van der Waals surface area contributed by atoms with Gasteiger partial charge in [0, 0.05) is 57.1 Å². The number of amides is 1. The largest absolute Gasteiger partial charge is 0.489 e. The van der Waals surface area contributed by atoms with E-state index in [-0.39, 0.29) is 5.91 Å². The Balaban J connectivity index is 1.33. The lowest BCUT2D eigenvalue weighted by Crippen LogP contribution is -2.48. The summed E-state index contributed by atoms with van der Waals surface area (Å²) in [6.45, 7) is 8.65. The molecule has 0 radical (unpaired) electrons. The van der Waals surface area contributed by atoms with E-state index in [4.69, 9.17) is 4.74 Å². The highest BCUT2D eigenvalue weighted by molar-refractivity contribution is 5.94. The van der Waals surface area contributed by atoms with Crippen molar-refractivity contribution in [3.63, 3.8) is 0 Å². The van der Waals surface area contributed by atoms with Crippen LogP contribution in [0.4, 0.5) is 0 Å². The minimum absolute atomic E-state index is 0.0922.